The minimum absolute atomic E-state index is 0.0677. The fourth-order valence-corrected chi connectivity index (χ4v) is 4.92. The summed E-state index contributed by atoms with van der Waals surface area (Å²) in [6.45, 7) is 7.13. The van der Waals surface area contributed by atoms with Crippen molar-refractivity contribution in [2.24, 2.45) is 0 Å². The number of amides is 1. The molecule has 0 spiro atoms. The van der Waals surface area contributed by atoms with Gasteiger partial charge in [-0.15, -0.1) is 0 Å². The van der Waals surface area contributed by atoms with E-state index in [2.05, 4.69) is 28.7 Å². The molecule has 2 atom stereocenters. The van der Waals surface area contributed by atoms with E-state index >= 15 is 0 Å². The van der Waals surface area contributed by atoms with Gasteiger partial charge in [-0.3, -0.25) is 9.69 Å². The van der Waals surface area contributed by atoms with Gasteiger partial charge in [0.2, 0.25) is 11.9 Å². The van der Waals surface area contributed by atoms with Gasteiger partial charge in [-0.25, -0.2) is 19.4 Å². The first-order valence-electron chi connectivity index (χ1n) is 11.9. The first-order chi connectivity index (χ1) is 16.9. The Balaban J connectivity index is 1.21. The summed E-state index contributed by atoms with van der Waals surface area (Å²) in [4.78, 5) is 39.0. The van der Waals surface area contributed by atoms with Gasteiger partial charge in [-0.05, 0) is 26.0 Å². The standard InChI is InChI=1S/C25H29N7O3/c1-17-12-30(25-26-10-19(11-27-25)24(34)35)13-18(2)31(17)16-23(33)29-9-8-22-20(14-29)15-32(28-22)21-6-4-3-5-7-21/h3-7,10-11,15,17-18H,8-9,12-14,16H2,1-2H3,(H,34,35)/t17-,18+. The number of anilines is 1. The molecule has 4 heterocycles. The average molecular weight is 476 g/mol. The molecule has 1 amide bonds. The minimum Gasteiger partial charge on any atom is -0.478 e. The van der Waals surface area contributed by atoms with Gasteiger partial charge >= 0.3 is 5.97 Å². The van der Waals surface area contributed by atoms with Crippen LogP contribution >= 0.6 is 0 Å². The number of aromatic carboxylic acids is 1. The van der Waals surface area contributed by atoms with Crippen LogP contribution in [0.15, 0.2) is 48.9 Å². The molecule has 0 saturated carbocycles. The topological polar surface area (TPSA) is 108 Å². The Morgan fingerprint density at radius 3 is 2.40 bits per heavy atom. The smallest absolute Gasteiger partial charge is 0.338 e. The molecular formula is C25H29N7O3. The number of carbonyl (C=O) groups is 2. The molecule has 2 aliphatic heterocycles. The summed E-state index contributed by atoms with van der Waals surface area (Å²) in [5.74, 6) is -0.408. The molecule has 10 nitrogen and oxygen atoms in total. The predicted molar refractivity (Wildman–Crippen MR) is 130 cm³/mol. The largest absolute Gasteiger partial charge is 0.478 e. The monoisotopic (exact) mass is 475 g/mol. The molecule has 0 unspecified atom stereocenters. The van der Waals surface area contributed by atoms with Crippen LogP contribution < -0.4 is 4.90 Å². The van der Waals surface area contributed by atoms with Gasteiger partial charge in [-0.2, -0.15) is 5.10 Å². The summed E-state index contributed by atoms with van der Waals surface area (Å²) in [7, 11) is 0. The van der Waals surface area contributed by atoms with Crippen LogP contribution in [0.5, 0.6) is 0 Å². The molecule has 10 heteroatoms. The van der Waals surface area contributed by atoms with E-state index in [0.717, 1.165) is 23.4 Å². The van der Waals surface area contributed by atoms with Crippen molar-refractivity contribution in [3.05, 3.63) is 65.7 Å². The van der Waals surface area contributed by atoms with Crippen molar-refractivity contribution < 1.29 is 14.7 Å². The molecule has 182 valence electrons. The lowest BCUT2D eigenvalue weighted by atomic mass is 10.1. The number of hydrogen-bond donors (Lipinski definition) is 1. The number of fused-ring (bicyclic) bond motifs is 1. The summed E-state index contributed by atoms with van der Waals surface area (Å²) in [6.07, 6.45) is 5.45. The van der Waals surface area contributed by atoms with Gasteiger partial charge in [0.15, 0.2) is 0 Å². The van der Waals surface area contributed by atoms with Crippen molar-refractivity contribution >= 4 is 17.8 Å². The zero-order chi connectivity index (χ0) is 24.5. The number of carboxylic acids is 1. The van der Waals surface area contributed by atoms with Gasteiger partial charge in [-0.1, -0.05) is 18.2 Å². The van der Waals surface area contributed by atoms with Crippen molar-refractivity contribution in [3.8, 4) is 5.69 Å². The fraction of sp³-hybridized carbons (Fsp3) is 0.400. The van der Waals surface area contributed by atoms with E-state index in [9.17, 15) is 9.59 Å². The molecule has 1 fully saturated rings. The first kappa shape index (κ1) is 23.0. The van der Waals surface area contributed by atoms with Crippen molar-refractivity contribution in [1.82, 2.24) is 29.5 Å². The maximum Gasteiger partial charge on any atom is 0.338 e. The van der Waals surface area contributed by atoms with E-state index in [1.165, 1.54) is 12.4 Å². The Bertz CT molecular complexity index is 1200. The second-order valence-electron chi connectivity index (χ2n) is 9.30. The summed E-state index contributed by atoms with van der Waals surface area (Å²) < 4.78 is 1.90. The number of rotatable bonds is 5. The Morgan fingerprint density at radius 1 is 1.06 bits per heavy atom. The Morgan fingerprint density at radius 2 is 1.74 bits per heavy atom. The van der Waals surface area contributed by atoms with E-state index in [0.29, 0.717) is 38.7 Å². The number of nitrogens with zero attached hydrogens (tertiary/aromatic N) is 7. The second-order valence-corrected chi connectivity index (χ2v) is 9.30. The molecule has 2 aromatic heterocycles. The highest BCUT2D eigenvalue weighted by molar-refractivity contribution is 5.86. The number of carboxylic acid groups (broad SMARTS) is 1. The molecular weight excluding hydrogens is 446 g/mol. The summed E-state index contributed by atoms with van der Waals surface area (Å²) >= 11 is 0. The number of carbonyl (C=O) groups excluding carboxylic acids is 1. The highest BCUT2D eigenvalue weighted by Crippen LogP contribution is 2.23. The number of aromatic nitrogens is 4. The number of para-hydroxylation sites is 1. The molecule has 1 saturated heterocycles. The van der Waals surface area contributed by atoms with Crippen LogP contribution in [0.25, 0.3) is 5.69 Å². The van der Waals surface area contributed by atoms with Gasteiger partial charge in [0.1, 0.15) is 0 Å². The molecule has 1 N–H and O–H groups in total. The maximum absolute atomic E-state index is 13.3. The third-order valence-corrected chi connectivity index (χ3v) is 6.82. The van der Waals surface area contributed by atoms with Gasteiger partial charge in [0.05, 0.1) is 23.5 Å². The zero-order valence-corrected chi connectivity index (χ0v) is 19.9. The third-order valence-electron chi connectivity index (χ3n) is 6.82. The third kappa shape index (κ3) is 4.74. The average Bonchev–Trinajstić information content (AvgIpc) is 3.30. The highest BCUT2D eigenvalue weighted by Gasteiger charge is 2.33. The van der Waals surface area contributed by atoms with Crippen molar-refractivity contribution in [1.29, 1.82) is 0 Å². The quantitative estimate of drug-likeness (QED) is 0.596. The highest BCUT2D eigenvalue weighted by atomic mass is 16.4. The van der Waals surface area contributed by atoms with Crippen molar-refractivity contribution in [2.75, 3.05) is 31.1 Å². The van der Waals surface area contributed by atoms with Gasteiger partial charge < -0.3 is 14.9 Å². The van der Waals surface area contributed by atoms with E-state index in [-0.39, 0.29) is 23.6 Å². The minimum atomic E-state index is -1.04. The Labute approximate surface area is 203 Å². The molecule has 5 rings (SSSR count). The summed E-state index contributed by atoms with van der Waals surface area (Å²) in [5, 5.41) is 13.8. The van der Waals surface area contributed by atoms with Crippen molar-refractivity contribution in [2.45, 2.75) is 38.9 Å². The molecule has 35 heavy (non-hydrogen) atoms. The molecule has 1 aromatic carbocycles. The van der Waals surface area contributed by atoms with Crippen LogP contribution in [0.1, 0.15) is 35.5 Å². The van der Waals surface area contributed by atoms with E-state index in [1.807, 2.05) is 51.0 Å². The number of benzene rings is 1. The normalized spacial score (nSPS) is 20.5. The maximum atomic E-state index is 13.3. The second kappa shape index (κ2) is 9.46. The zero-order valence-electron chi connectivity index (χ0n) is 19.9. The Kier molecular flexibility index (Phi) is 6.21. The van der Waals surface area contributed by atoms with Crippen LogP contribution in [0.2, 0.25) is 0 Å². The Hall–Kier alpha value is -3.79. The molecule has 2 aliphatic rings. The van der Waals surface area contributed by atoms with E-state index in [1.54, 1.807) is 0 Å². The summed E-state index contributed by atoms with van der Waals surface area (Å²) in [6, 6.07) is 10.2. The lowest BCUT2D eigenvalue weighted by Crippen LogP contribution is -2.59. The van der Waals surface area contributed by atoms with Crippen LogP contribution in [0.3, 0.4) is 0 Å². The van der Waals surface area contributed by atoms with Gasteiger partial charge in [0.25, 0.3) is 0 Å². The van der Waals surface area contributed by atoms with Crippen molar-refractivity contribution in [3.63, 3.8) is 0 Å². The van der Waals surface area contributed by atoms with Gasteiger partial charge in [0, 0.05) is 68.8 Å². The first-order valence-corrected chi connectivity index (χ1v) is 11.9. The van der Waals surface area contributed by atoms with E-state index < -0.39 is 5.97 Å². The lowest BCUT2D eigenvalue weighted by molar-refractivity contribution is -0.134. The summed E-state index contributed by atoms with van der Waals surface area (Å²) in [5.41, 5.74) is 3.24. The van der Waals surface area contributed by atoms with Crippen LogP contribution in [0, 0.1) is 0 Å². The SMILES string of the molecule is C[C@@H]1CN(c2ncc(C(=O)O)cn2)C[C@H](C)N1CC(=O)N1CCc2nn(-c3ccccc3)cc2C1. The predicted octanol–water partition coefficient (Wildman–Crippen LogP) is 1.84. The number of piperazine rings is 1. The lowest BCUT2D eigenvalue weighted by Gasteiger charge is -2.44. The van der Waals surface area contributed by atoms with Crippen LogP contribution in [0.4, 0.5) is 5.95 Å². The number of hydrogen-bond acceptors (Lipinski definition) is 7. The molecule has 0 radical (unpaired) electrons. The molecule has 3 aromatic rings. The van der Waals surface area contributed by atoms with Crippen LogP contribution in [-0.2, 0) is 17.8 Å². The van der Waals surface area contributed by atoms with Crippen LogP contribution in [-0.4, -0.2) is 84.8 Å². The molecule has 0 aliphatic carbocycles. The van der Waals surface area contributed by atoms with E-state index in [4.69, 9.17) is 10.2 Å². The molecule has 0 bridgehead atoms. The fourth-order valence-electron chi connectivity index (χ4n) is 4.92.